The SMILES string of the molecule is CCCNc1cc(NCC(C)(C)CCOC)nc(C)n1. The summed E-state index contributed by atoms with van der Waals surface area (Å²) in [7, 11) is 1.74. The largest absolute Gasteiger partial charge is 0.385 e. The number of anilines is 2. The van der Waals surface area contributed by atoms with Crippen molar-refractivity contribution in [3.05, 3.63) is 11.9 Å². The molecule has 0 aliphatic carbocycles. The molecule has 5 heteroatoms. The standard InChI is InChI=1S/C15H28N4O/c1-6-8-16-13-10-14(19-12(2)18-13)17-11-15(3,4)7-9-20-5/h10H,6-9,11H2,1-5H3,(H2,16,17,18,19). The Balaban J connectivity index is 2.60. The molecule has 114 valence electrons. The number of aromatic nitrogens is 2. The maximum Gasteiger partial charge on any atom is 0.131 e. The van der Waals surface area contributed by atoms with Crippen molar-refractivity contribution in [1.29, 1.82) is 0 Å². The van der Waals surface area contributed by atoms with Crippen LogP contribution in [-0.4, -0.2) is 36.8 Å². The summed E-state index contributed by atoms with van der Waals surface area (Å²) in [5.74, 6) is 2.54. The molecule has 0 amide bonds. The molecule has 0 bridgehead atoms. The number of methoxy groups -OCH3 is 1. The first-order valence-electron chi connectivity index (χ1n) is 7.29. The maximum atomic E-state index is 5.15. The molecule has 1 aromatic rings. The molecule has 0 aliphatic rings. The molecule has 1 heterocycles. The van der Waals surface area contributed by atoms with E-state index in [2.05, 4.69) is 41.4 Å². The van der Waals surface area contributed by atoms with E-state index in [-0.39, 0.29) is 5.41 Å². The Hall–Kier alpha value is -1.36. The first kappa shape index (κ1) is 16.7. The molecule has 0 aliphatic heterocycles. The minimum Gasteiger partial charge on any atom is -0.385 e. The smallest absolute Gasteiger partial charge is 0.131 e. The lowest BCUT2D eigenvalue weighted by Crippen LogP contribution is -2.25. The van der Waals surface area contributed by atoms with Crippen LogP contribution >= 0.6 is 0 Å². The van der Waals surface area contributed by atoms with Crippen molar-refractivity contribution in [3.8, 4) is 0 Å². The van der Waals surface area contributed by atoms with Crippen LogP contribution in [0.5, 0.6) is 0 Å². The summed E-state index contributed by atoms with van der Waals surface area (Å²) in [6.45, 7) is 11.1. The Bertz CT molecular complexity index is 407. The highest BCUT2D eigenvalue weighted by atomic mass is 16.5. The molecule has 0 fully saturated rings. The van der Waals surface area contributed by atoms with Crippen molar-refractivity contribution in [2.75, 3.05) is 37.4 Å². The predicted molar refractivity (Wildman–Crippen MR) is 84.3 cm³/mol. The van der Waals surface area contributed by atoms with Crippen molar-refractivity contribution < 1.29 is 4.74 Å². The summed E-state index contributed by atoms with van der Waals surface area (Å²) in [5, 5.41) is 6.70. The highest BCUT2D eigenvalue weighted by molar-refractivity contribution is 5.47. The normalized spacial score (nSPS) is 11.4. The van der Waals surface area contributed by atoms with Crippen LogP contribution < -0.4 is 10.6 Å². The van der Waals surface area contributed by atoms with Gasteiger partial charge in [0, 0.05) is 32.9 Å². The van der Waals surface area contributed by atoms with Gasteiger partial charge in [-0.05, 0) is 25.2 Å². The second-order valence-corrected chi connectivity index (χ2v) is 5.87. The van der Waals surface area contributed by atoms with E-state index in [4.69, 9.17) is 4.74 Å². The number of ether oxygens (including phenoxy) is 1. The number of aryl methyl sites for hydroxylation is 1. The van der Waals surface area contributed by atoms with Gasteiger partial charge < -0.3 is 15.4 Å². The van der Waals surface area contributed by atoms with E-state index < -0.39 is 0 Å². The summed E-state index contributed by atoms with van der Waals surface area (Å²) in [5.41, 5.74) is 0.172. The lowest BCUT2D eigenvalue weighted by atomic mass is 9.90. The summed E-state index contributed by atoms with van der Waals surface area (Å²) in [4.78, 5) is 8.81. The van der Waals surface area contributed by atoms with Crippen molar-refractivity contribution >= 4 is 11.6 Å². The fourth-order valence-corrected chi connectivity index (χ4v) is 1.80. The molecule has 1 rings (SSSR count). The molecule has 0 aromatic carbocycles. The maximum absolute atomic E-state index is 5.15. The molecule has 5 nitrogen and oxygen atoms in total. The van der Waals surface area contributed by atoms with Crippen LogP contribution in [0.1, 0.15) is 39.4 Å². The van der Waals surface area contributed by atoms with E-state index in [1.165, 1.54) is 0 Å². The van der Waals surface area contributed by atoms with Crippen LogP contribution in [0.25, 0.3) is 0 Å². The van der Waals surface area contributed by atoms with Gasteiger partial charge in [-0.1, -0.05) is 20.8 Å². The zero-order valence-electron chi connectivity index (χ0n) is 13.4. The molecular weight excluding hydrogens is 252 g/mol. The van der Waals surface area contributed by atoms with E-state index in [9.17, 15) is 0 Å². The second-order valence-electron chi connectivity index (χ2n) is 5.87. The number of hydrogen-bond donors (Lipinski definition) is 2. The van der Waals surface area contributed by atoms with Gasteiger partial charge >= 0.3 is 0 Å². The highest BCUT2D eigenvalue weighted by Gasteiger charge is 2.17. The van der Waals surface area contributed by atoms with E-state index in [0.29, 0.717) is 0 Å². The fourth-order valence-electron chi connectivity index (χ4n) is 1.80. The number of hydrogen-bond acceptors (Lipinski definition) is 5. The molecule has 0 saturated heterocycles. The molecule has 1 aromatic heterocycles. The van der Waals surface area contributed by atoms with Crippen LogP contribution in [0, 0.1) is 12.3 Å². The Morgan fingerprint density at radius 1 is 1.20 bits per heavy atom. The number of rotatable bonds is 9. The summed E-state index contributed by atoms with van der Waals surface area (Å²) < 4.78 is 5.15. The number of nitrogens with one attached hydrogen (secondary N) is 2. The summed E-state index contributed by atoms with van der Waals surface area (Å²) in [6, 6.07) is 1.97. The summed E-state index contributed by atoms with van der Waals surface area (Å²) in [6.07, 6.45) is 2.09. The molecule has 0 atom stereocenters. The average Bonchev–Trinajstić information content (AvgIpc) is 2.40. The molecule has 0 radical (unpaired) electrons. The molecule has 0 saturated carbocycles. The fraction of sp³-hybridized carbons (Fsp3) is 0.733. The Kier molecular flexibility index (Phi) is 6.71. The van der Waals surface area contributed by atoms with Crippen molar-refractivity contribution in [1.82, 2.24) is 9.97 Å². The van der Waals surface area contributed by atoms with E-state index in [1.54, 1.807) is 7.11 Å². The first-order valence-corrected chi connectivity index (χ1v) is 7.29. The van der Waals surface area contributed by atoms with E-state index in [1.807, 2.05) is 13.0 Å². The van der Waals surface area contributed by atoms with Gasteiger partial charge in [-0.3, -0.25) is 0 Å². The van der Waals surface area contributed by atoms with Gasteiger partial charge in [-0.15, -0.1) is 0 Å². The Morgan fingerprint density at radius 3 is 2.45 bits per heavy atom. The molecule has 0 spiro atoms. The van der Waals surface area contributed by atoms with Crippen LogP contribution in [0.15, 0.2) is 6.07 Å². The third-order valence-electron chi connectivity index (χ3n) is 3.13. The minimum atomic E-state index is 0.172. The van der Waals surface area contributed by atoms with Gasteiger partial charge in [0.25, 0.3) is 0 Å². The van der Waals surface area contributed by atoms with Gasteiger partial charge in [0.05, 0.1) is 0 Å². The first-order chi connectivity index (χ1) is 9.46. The van der Waals surface area contributed by atoms with Gasteiger partial charge in [-0.2, -0.15) is 0 Å². The monoisotopic (exact) mass is 280 g/mol. The van der Waals surface area contributed by atoms with E-state index in [0.717, 1.165) is 50.0 Å². The topological polar surface area (TPSA) is 59.1 Å². The minimum absolute atomic E-state index is 0.172. The lowest BCUT2D eigenvalue weighted by Gasteiger charge is -2.25. The second kappa shape index (κ2) is 8.04. The lowest BCUT2D eigenvalue weighted by molar-refractivity contribution is 0.157. The van der Waals surface area contributed by atoms with Crippen LogP contribution in [0.3, 0.4) is 0 Å². The summed E-state index contributed by atoms with van der Waals surface area (Å²) >= 11 is 0. The third kappa shape index (κ3) is 6.19. The third-order valence-corrected chi connectivity index (χ3v) is 3.13. The van der Waals surface area contributed by atoms with Crippen molar-refractivity contribution in [3.63, 3.8) is 0 Å². The quantitative estimate of drug-likeness (QED) is 0.728. The number of nitrogens with zero attached hydrogens (tertiary/aromatic N) is 2. The molecule has 2 N–H and O–H groups in total. The Labute approximate surface area is 122 Å². The van der Waals surface area contributed by atoms with E-state index >= 15 is 0 Å². The molecule has 20 heavy (non-hydrogen) atoms. The van der Waals surface area contributed by atoms with Gasteiger partial charge in [0.2, 0.25) is 0 Å². The van der Waals surface area contributed by atoms with Gasteiger partial charge in [0.1, 0.15) is 17.5 Å². The predicted octanol–water partition coefficient (Wildman–Crippen LogP) is 3.08. The zero-order valence-corrected chi connectivity index (χ0v) is 13.4. The average molecular weight is 280 g/mol. The Morgan fingerprint density at radius 2 is 1.85 bits per heavy atom. The zero-order chi connectivity index (χ0) is 15.0. The molecular formula is C15H28N4O. The van der Waals surface area contributed by atoms with Crippen molar-refractivity contribution in [2.24, 2.45) is 5.41 Å². The highest BCUT2D eigenvalue weighted by Crippen LogP contribution is 2.21. The van der Waals surface area contributed by atoms with Crippen LogP contribution in [-0.2, 0) is 4.74 Å². The van der Waals surface area contributed by atoms with Gasteiger partial charge in [0.15, 0.2) is 0 Å². The van der Waals surface area contributed by atoms with Gasteiger partial charge in [-0.25, -0.2) is 9.97 Å². The van der Waals surface area contributed by atoms with Crippen molar-refractivity contribution in [2.45, 2.75) is 40.5 Å². The van der Waals surface area contributed by atoms with Crippen LogP contribution in [0.2, 0.25) is 0 Å². The van der Waals surface area contributed by atoms with Crippen LogP contribution in [0.4, 0.5) is 11.6 Å². The molecule has 0 unspecified atom stereocenters.